The molecule has 0 aromatic carbocycles. The van der Waals surface area contributed by atoms with Crippen molar-refractivity contribution >= 4 is 11.8 Å². The molecule has 5 heteroatoms. The molecule has 0 aromatic heterocycles. The van der Waals surface area contributed by atoms with E-state index in [0.29, 0.717) is 22.6 Å². The van der Waals surface area contributed by atoms with Crippen LogP contribution in [-0.4, -0.2) is 39.8 Å². The number of hydrogen-bond acceptors (Lipinski definition) is 5. The summed E-state index contributed by atoms with van der Waals surface area (Å²) in [5.74, 6) is -0.541. The van der Waals surface area contributed by atoms with E-state index in [1.54, 1.807) is 33.8 Å². The van der Waals surface area contributed by atoms with Crippen LogP contribution >= 0.6 is 0 Å². The van der Waals surface area contributed by atoms with E-state index in [0.717, 1.165) is 6.42 Å². The van der Waals surface area contributed by atoms with Crippen molar-refractivity contribution < 1.29 is 24.5 Å². The maximum atomic E-state index is 14.1. The van der Waals surface area contributed by atoms with Gasteiger partial charge in [-0.05, 0) is 68.4 Å². The molecule has 2 N–H and O–H groups in total. The van der Waals surface area contributed by atoms with Crippen LogP contribution in [0.3, 0.4) is 0 Å². The average Bonchev–Trinajstić information content (AvgIpc) is 3.17. The van der Waals surface area contributed by atoms with Gasteiger partial charge in [0.25, 0.3) is 0 Å². The molecule has 2 saturated carbocycles. The van der Waals surface area contributed by atoms with E-state index in [9.17, 15) is 19.8 Å². The molecule has 0 heterocycles. The molecule has 4 aliphatic carbocycles. The number of aliphatic hydroxyl groups excluding tert-OH is 1. The van der Waals surface area contributed by atoms with Crippen molar-refractivity contribution in [1.29, 1.82) is 0 Å². The molecule has 2 fully saturated rings. The Hall–Kier alpha value is -1.72. The predicted molar refractivity (Wildman–Crippen MR) is 113 cm³/mol. The van der Waals surface area contributed by atoms with Gasteiger partial charge in [-0.2, -0.15) is 0 Å². The minimum atomic E-state index is -1.92. The Labute approximate surface area is 178 Å². The van der Waals surface area contributed by atoms with Crippen molar-refractivity contribution in [2.45, 2.75) is 72.7 Å². The number of hydrogen-bond donors (Lipinski definition) is 2. The summed E-state index contributed by atoms with van der Waals surface area (Å²) in [5.41, 5.74) is -1.53. The van der Waals surface area contributed by atoms with E-state index >= 15 is 0 Å². The van der Waals surface area contributed by atoms with Gasteiger partial charge in [-0.25, -0.2) is 4.79 Å². The van der Waals surface area contributed by atoms with Gasteiger partial charge < -0.3 is 14.9 Å². The highest BCUT2D eigenvalue weighted by molar-refractivity contribution is 5.95. The van der Waals surface area contributed by atoms with Crippen LogP contribution in [0, 0.1) is 34.5 Å². The third-order valence-corrected chi connectivity index (χ3v) is 8.82. The topological polar surface area (TPSA) is 83.8 Å². The number of ketones is 1. The van der Waals surface area contributed by atoms with Crippen LogP contribution in [-0.2, 0) is 14.3 Å². The molecule has 0 aromatic rings. The number of carbonyl (C=O) groups is 2. The van der Waals surface area contributed by atoms with Crippen molar-refractivity contribution in [1.82, 2.24) is 0 Å². The van der Waals surface area contributed by atoms with Gasteiger partial charge in [-0.15, -0.1) is 0 Å². The molecule has 8 atom stereocenters. The Morgan fingerprint density at radius 3 is 2.50 bits per heavy atom. The number of carbonyl (C=O) groups excluding carboxylic acids is 2. The zero-order valence-corrected chi connectivity index (χ0v) is 19.0. The van der Waals surface area contributed by atoms with E-state index < -0.39 is 29.2 Å². The van der Waals surface area contributed by atoms with Crippen LogP contribution in [0.2, 0.25) is 0 Å². The highest BCUT2D eigenvalue weighted by Gasteiger charge is 2.76. The molecule has 30 heavy (non-hydrogen) atoms. The normalized spacial score (nSPS) is 46.7. The maximum Gasteiger partial charge on any atom is 0.334 e. The number of rotatable bonds is 2. The first-order valence-electron chi connectivity index (χ1n) is 11.0. The van der Waals surface area contributed by atoms with Crippen LogP contribution in [0.1, 0.15) is 54.9 Å². The first-order valence-corrected chi connectivity index (χ1v) is 11.0. The quantitative estimate of drug-likeness (QED) is 0.411. The highest BCUT2D eigenvalue weighted by atomic mass is 16.6. The molecule has 4 aliphatic rings. The van der Waals surface area contributed by atoms with Crippen LogP contribution in [0.15, 0.2) is 34.9 Å². The van der Waals surface area contributed by atoms with Crippen LogP contribution in [0.25, 0.3) is 0 Å². The largest absolute Gasteiger partial charge is 0.451 e. The van der Waals surface area contributed by atoms with Crippen molar-refractivity contribution in [3.05, 3.63) is 34.9 Å². The molecule has 6 unspecified atom stereocenters. The van der Waals surface area contributed by atoms with Crippen LogP contribution < -0.4 is 0 Å². The Morgan fingerprint density at radius 2 is 1.90 bits per heavy atom. The standard InChI is InChI=1S/C25H34O5/c1-8-12(2)22(28)30-21-14(4)11-24-15(5)10-17-18(23(17,6)7)16(20(24)27)9-13(3)19(26)25(21,24)29/h8-9,11,15-19,21,26,29H,10H2,1-7H3/b12-8-/t15?,16?,17-,18+,19?,21?,24?,25?/m1/s1. The second kappa shape index (κ2) is 6.39. The summed E-state index contributed by atoms with van der Waals surface area (Å²) in [5, 5.41) is 23.6. The second-order valence-corrected chi connectivity index (χ2v) is 10.6. The molecule has 0 radical (unpaired) electrons. The van der Waals surface area contributed by atoms with E-state index in [-0.39, 0.29) is 29.0 Å². The lowest BCUT2D eigenvalue weighted by atomic mass is 9.59. The van der Waals surface area contributed by atoms with Gasteiger partial charge in [0, 0.05) is 11.5 Å². The molecule has 5 nitrogen and oxygen atoms in total. The number of fused-ring (bicyclic) bond motifs is 3. The monoisotopic (exact) mass is 414 g/mol. The lowest BCUT2D eigenvalue weighted by Gasteiger charge is -2.48. The number of allylic oxidation sites excluding steroid dienone is 2. The van der Waals surface area contributed by atoms with Gasteiger partial charge in [0.15, 0.2) is 17.5 Å². The minimum Gasteiger partial charge on any atom is -0.451 e. The summed E-state index contributed by atoms with van der Waals surface area (Å²) >= 11 is 0. The lowest BCUT2D eigenvalue weighted by Crippen LogP contribution is -2.65. The molecule has 4 rings (SSSR count). The Kier molecular flexibility index (Phi) is 4.58. The number of ether oxygens (including phenoxy) is 1. The van der Waals surface area contributed by atoms with Gasteiger partial charge in [0.1, 0.15) is 6.10 Å². The summed E-state index contributed by atoms with van der Waals surface area (Å²) in [6.45, 7) is 13.3. The van der Waals surface area contributed by atoms with E-state index in [1.807, 2.05) is 19.1 Å². The molecule has 2 bridgehead atoms. The lowest BCUT2D eigenvalue weighted by molar-refractivity contribution is -0.201. The molecule has 0 amide bonds. The van der Waals surface area contributed by atoms with E-state index in [1.165, 1.54) is 0 Å². The van der Waals surface area contributed by atoms with Gasteiger partial charge in [0.2, 0.25) is 0 Å². The van der Waals surface area contributed by atoms with Crippen molar-refractivity contribution in [2.24, 2.45) is 34.5 Å². The van der Waals surface area contributed by atoms with Crippen molar-refractivity contribution in [2.75, 3.05) is 0 Å². The zero-order valence-electron chi connectivity index (χ0n) is 19.0. The molecular weight excluding hydrogens is 380 g/mol. The van der Waals surface area contributed by atoms with Gasteiger partial charge in [0.05, 0.1) is 5.41 Å². The number of aliphatic hydroxyl groups is 2. The third-order valence-electron chi connectivity index (χ3n) is 8.82. The molecular formula is C25H34O5. The molecule has 1 spiro atoms. The number of esters is 1. The van der Waals surface area contributed by atoms with Crippen molar-refractivity contribution in [3.8, 4) is 0 Å². The SMILES string of the molecule is C/C=C(/C)C(=O)OC1C(C)=CC23C(=O)C(C=C(C)C(O)C12O)[C@H]1[C@@H](CC3C)C1(C)C. The maximum absolute atomic E-state index is 14.1. The predicted octanol–water partition coefficient (Wildman–Crippen LogP) is 3.36. The van der Waals surface area contributed by atoms with E-state index in [4.69, 9.17) is 4.74 Å². The van der Waals surface area contributed by atoms with Gasteiger partial charge >= 0.3 is 5.97 Å². The van der Waals surface area contributed by atoms with E-state index in [2.05, 4.69) is 13.8 Å². The summed E-state index contributed by atoms with van der Waals surface area (Å²) in [6.07, 6.45) is 3.74. The summed E-state index contributed by atoms with van der Waals surface area (Å²) in [7, 11) is 0. The Morgan fingerprint density at radius 1 is 1.27 bits per heavy atom. The fraction of sp³-hybridized carbons (Fsp3) is 0.680. The van der Waals surface area contributed by atoms with Crippen LogP contribution in [0.4, 0.5) is 0 Å². The Balaban J connectivity index is 1.89. The molecule has 0 aliphatic heterocycles. The first kappa shape index (κ1) is 21.5. The summed E-state index contributed by atoms with van der Waals surface area (Å²) < 4.78 is 5.76. The minimum absolute atomic E-state index is 0.0490. The number of Topliss-reactive ketones (excluding diaryl/α,β-unsaturated/α-hetero) is 1. The summed E-state index contributed by atoms with van der Waals surface area (Å²) in [4.78, 5) is 26.7. The fourth-order valence-corrected chi connectivity index (χ4v) is 6.89. The Bertz CT molecular complexity index is 908. The van der Waals surface area contributed by atoms with Gasteiger partial charge in [-0.3, -0.25) is 4.79 Å². The second-order valence-electron chi connectivity index (χ2n) is 10.6. The summed E-state index contributed by atoms with van der Waals surface area (Å²) in [6, 6.07) is 0. The smallest absolute Gasteiger partial charge is 0.334 e. The third kappa shape index (κ3) is 2.36. The zero-order chi connectivity index (χ0) is 22.4. The van der Waals surface area contributed by atoms with Gasteiger partial charge in [-0.1, -0.05) is 39.0 Å². The molecule has 0 saturated heterocycles. The molecule has 164 valence electrons. The highest BCUT2D eigenvalue weighted by Crippen LogP contribution is 2.71. The van der Waals surface area contributed by atoms with Crippen LogP contribution in [0.5, 0.6) is 0 Å². The average molecular weight is 415 g/mol. The van der Waals surface area contributed by atoms with Crippen molar-refractivity contribution in [3.63, 3.8) is 0 Å². The fourth-order valence-electron chi connectivity index (χ4n) is 6.89. The first-order chi connectivity index (χ1) is 13.9.